The molecule has 0 spiro atoms. The summed E-state index contributed by atoms with van der Waals surface area (Å²) < 4.78 is 55.0. The fourth-order valence-corrected chi connectivity index (χ4v) is 7.66. The first-order valence-electron chi connectivity index (χ1n) is 10.0. The lowest BCUT2D eigenvalue weighted by atomic mass is 10.4. The Morgan fingerprint density at radius 2 is 1.60 bits per heavy atom. The Kier molecular flexibility index (Phi) is 11.3. The van der Waals surface area contributed by atoms with E-state index < -0.39 is 43.3 Å². The highest BCUT2D eigenvalue weighted by molar-refractivity contribution is 7.99. The molecular formula is C19H32N2O6S3. The molecule has 0 fully saturated rings. The molecule has 1 heterocycles. The Balaban J connectivity index is 2.76. The third kappa shape index (κ3) is 10.2. The first kappa shape index (κ1) is 26.8. The number of carbonyl (C=O) groups is 1. The molecule has 0 aliphatic rings. The topological polar surface area (TPSA) is 120 Å². The van der Waals surface area contributed by atoms with E-state index in [4.69, 9.17) is 4.74 Å². The molecule has 0 aliphatic carbocycles. The van der Waals surface area contributed by atoms with E-state index in [1.54, 1.807) is 0 Å². The van der Waals surface area contributed by atoms with Gasteiger partial charge in [-0.15, -0.1) is 0 Å². The van der Waals surface area contributed by atoms with Gasteiger partial charge in [0.1, 0.15) is 11.9 Å². The van der Waals surface area contributed by atoms with Gasteiger partial charge in [-0.25, -0.2) is 26.8 Å². The van der Waals surface area contributed by atoms with Crippen LogP contribution in [0.2, 0.25) is 0 Å². The lowest BCUT2D eigenvalue weighted by molar-refractivity contribution is -0.140. The number of hydrogen-bond donors (Lipinski definition) is 0. The summed E-state index contributed by atoms with van der Waals surface area (Å²) >= 11 is 1.09. The fraction of sp³-hybridized carbons (Fsp3) is 0.737. The van der Waals surface area contributed by atoms with Crippen molar-refractivity contribution in [1.82, 2.24) is 9.97 Å². The number of aromatic nitrogens is 2. The molecule has 8 nitrogen and oxygen atoms in total. The molecule has 1 unspecified atom stereocenters. The second-order valence-electron chi connectivity index (χ2n) is 7.22. The molecule has 0 saturated heterocycles. The van der Waals surface area contributed by atoms with E-state index in [0.717, 1.165) is 23.1 Å². The first-order valence-corrected chi connectivity index (χ1v) is 14.5. The number of esters is 1. The smallest absolute Gasteiger partial charge is 0.316 e. The standard InChI is InChI=1S/C19H32N2O6S3/c1-5-7-9-29(23,24)14-17(30(25,26)10-8-6-2)12-27-18(22)13-28-19-20-15(3)11-16(4)21-19/h11,17H,5-10,12-14H2,1-4H3. The highest BCUT2D eigenvalue weighted by Gasteiger charge is 2.31. The van der Waals surface area contributed by atoms with Crippen molar-refractivity contribution in [3.8, 4) is 0 Å². The van der Waals surface area contributed by atoms with E-state index in [0.29, 0.717) is 30.8 Å². The van der Waals surface area contributed by atoms with Crippen molar-refractivity contribution in [2.45, 2.75) is 63.8 Å². The summed E-state index contributed by atoms with van der Waals surface area (Å²) in [7, 11) is -7.26. The molecule has 0 radical (unpaired) electrons. The minimum atomic E-state index is -3.70. The van der Waals surface area contributed by atoms with Crippen molar-refractivity contribution in [1.29, 1.82) is 0 Å². The molecule has 0 bridgehead atoms. The molecule has 0 aromatic carbocycles. The second-order valence-corrected chi connectivity index (χ2v) is 12.8. The summed E-state index contributed by atoms with van der Waals surface area (Å²) in [6, 6.07) is 1.81. The second kappa shape index (κ2) is 12.6. The van der Waals surface area contributed by atoms with E-state index in [2.05, 4.69) is 9.97 Å². The van der Waals surface area contributed by atoms with Crippen molar-refractivity contribution < 1.29 is 26.4 Å². The molecule has 11 heteroatoms. The maximum Gasteiger partial charge on any atom is 0.316 e. The molecule has 1 aromatic rings. The van der Waals surface area contributed by atoms with Crippen molar-refractivity contribution in [3.05, 3.63) is 17.5 Å². The summed E-state index contributed by atoms with van der Waals surface area (Å²) in [5.41, 5.74) is 1.55. The molecular weight excluding hydrogens is 448 g/mol. The summed E-state index contributed by atoms with van der Waals surface area (Å²) in [6.07, 6.45) is 2.26. The Bertz CT molecular complexity index is 881. The zero-order valence-electron chi connectivity index (χ0n) is 18.1. The van der Waals surface area contributed by atoms with Gasteiger partial charge in [0.05, 0.1) is 23.0 Å². The van der Waals surface area contributed by atoms with E-state index in [-0.39, 0.29) is 17.3 Å². The molecule has 1 rings (SSSR count). The fourth-order valence-electron chi connectivity index (χ4n) is 2.61. The van der Waals surface area contributed by atoms with Gasteiger partial charge in [0.15, 0.2) is 24.8 Å². The first-order chi connectivity index (χ1) is 14.0. The van der Waals surface area contributed by atoms with Crippen LogP contribution >= 0.6 is 11.8 Å². The molecule has 0 N–H and O–H groups in total. The molecule has 1 atom stereocenters. The van der Waals surface area contributed by atoms with Crippen LogP contribution in [0.5, 0.6) is 0 Å². The van der Waals surface area contributed by atoms with Crippen LogP contribution in [0.15, 0.2) is 11.2 Å². The maximum atomic E-state index is 12.6. The van der Waals surface area contributed by atoms with Gasteiger partial charge in [0, 0.05) is 11.4 Å². The van der Waals surface area contributed by atoms with Crippen molar-refractivity contribution in [2.24, 2.45) is 0 Å². The number of aryl methyl sites for hydroxylation is 2. The number of thioether (sulfide) groups is 1. The van der Waals surface area contributed by atoms with E-state index in [1.807, 2.05) is 33.8 Å². The number of rotatable bonds is 14. The lowest BCUT2D eigenvalue weighted by Gasteiger charge is -2.18. The number of hydrogen-bond acceptors (Lipinski definition) is 9. The maximum absolute atomic E-state index is 12.6. The number of sulfone groups is 2. The average Bonchev–Trinajstić information content (AvgIpc) is 2.65. The van der Waals surface area contributed by atoms with Crippen molar-refractivity contribution in [2.75, 3.05) is 29.6 Å². The molecule has 0 amide bonds. The molecule has 0 aliphatic heterocycles. The van der Waals surface area contributed by atoms with Gasteiger partial charge >= 0.3 is 5.97 Å². The summed E-state index contributed by atoms with van der Waals surface area (Å²) in [6.45, 7) is 6.90. The Labute approximate surface area is 184 Å². The predicted octanol–water partition coefficient (Wildman–Crippen LogP) is 2.53. The molecule has 172 valence electrons. The van der Waals surface area contributed by atoms with E-state index in [1.165, 1.54) is 0 Å². The van der Waals surface area contributed by atoms with Gasteiger partial charge in [-0.3, -0.25) is 4.79 Å². The third-order valence-electron chi connectivity index (χ3n) is 4.25. The van der Waals surface area contributed by atoms with Gasteiger partial charge < -0.3 is 4.74 Å². The summed E-state index contributed by atoms with van der Waals surface area (Å²) in [5, 5.41) is -0.823. The number of ether oxygens (including phenoxy) is 1. The Morgan fingerprint density at radius 1 is 1.03 bits per heavy atom. The molecule has 1 aromatic heterocycles. The highest BCUT2D eigenvalue weighted by Crippen LogP contribution is 2.16. The van der Waals surface area contributed by atoms with Crippen LogP contribution < -0.4 is 0 Å². The normalized spacial score (nSPS) is 13.2. The molecule has 0 saturated carbocycles. The number of unbranched alkanes of at least 4 members (excludes halogenated alkanes) is 2. The third-order valence-corrected chi connectivity index (χ3v) is 9.28. The van der Waals surface area contributed by atoms with Crippen LogP contribution in [0.25, 0.3) is 0 Å². The monoisotopic (exact) mass is 480 g/mol. The van der Waals surface area contributed by atoms with Crippen LogP contribution in [0, 0.1) is 13.8 Å². The zero-order valence-corrected chi connectivity index (χ0v) is 20.5. The summed E-state index contributed by atoms with van der Waals surface area (Å²) in [4.78, 5) is 20.6. The quantitative estimate of drug-likeness (QED) is 0.225. The van der Waals surface area contributed by atoms with Crippen LogP contribution in [-0.2, 0) is 29.2 Å². The SMILES string of the molecule is CCCCS(=O)(=O)CC(COC(=O)CSc1nc(C)cc(C)n1)S(=O)(=O)CCCC. The highest BCUT2D eigenvalue weighted by atomic mass is 32.2. The predicted molar refractivity (Wildman–Crippen MR) is 119 cm³/mol. The minimum absolute atomic E-state index is 0.0723. The van der Waals surface area contributed by atoms with Gasteiger partial charge in [0.25, 0.3) is 0 Å². The van der Waals surface area contributed by atoms with Gasteiger partial charge in [-0.05, 0) is 32.8 Å². The largest absolute Gasteiger partial charge is 0.464 e. The lowest BCUT2D eigenvalue weighted by Crippen LogP contribution is -2.37. The van der Waals surface area contributed by atoms with Crippen molar-refractivity contribution >= 4 is 37.4 Å². The minimum Gasteiger partial charge on any atom is -0.464 e. The van der Waals surface area contributed by atoms with Gasteiger partial charge in [0.2, 0.25) is 0 Å². The number of nitrogens with zero attached hydrogens (tertiary/aromatic N) is 2. The number of carbonyl (C=O) groups excluding carboxylic acids is 1. The Morgan fingerprint density at radius 3 is 2.17 bits per heavy atom. The van der Waals surface area contributed by atoms with E-state index in [9.17, 15) is 21.6 Å². The van der Waals surface area contributed by atoms with Gasteiger partial charge in [-0.1, -0.05) is 38.5 Å². The van der Waals surface area contributed by atoms with Gasteiger partial charge in [-0.2, -0.15) is 0 Å². The average molecular weight is 481 g/mol. The van der Waals surface area contributed by atoms with Crippen LogP contribution in [-0.4, -0.2) is 67.6 Å². The summed E-state index contributed by atoms with van der Waals surface area (Å²) in [5.74, 6) is -1.45. The zero-order chi connectivity index (χ0) is 22.8. The van der Waals surface area contributed by atoms with Crippen LogP contribution in [0.1, 0.15) is 50.9 Å². The van der Waals surface area contributed by atoms with Crippen LogP contribution in [0.3, 0.4) is 0 Å². The van der Waals surface area contributed by atoms with Crippen LogP contribution in [0.4, 0.5) is 0 Å². The molecule has 30 heavy (non-hydrogen) atoms. The Hall–Kier alpha value is -1.20. The van der Waals surface area contributed by atoms with E-state index >= 15 is 0 Å². The van der Waals surface area contributed by atoms with Crippen molar-refractivity contribution in [3.63, 3.8) is 0 Å².